The molecule has 3 N–H and O–H groups in total. The van der Waals surface area contributed by atoms with E-state index in [9.17, 15) is 5.11 Å². The maximum absolute atomic E-state index is 10.2. The topological polar surface area (TPSA) is 55.5 Å². The highest BCUT2D eigenvalue weighted by atomic mass is 35.5. The van der Waals surface area contributed by atoms with Gasteiger partial charge in [0, 0.05) is 12.1 Å². The van der Waals surface area contributed by atoms with Crippen LogP contribution in [0.5, 0.6) is 5.75 Å². The molecule has 2 rings (SSSR count). The summed E-state index contributed by atoms with van der Waals surface area (Å²) >= 11 is 6.12. The Kier molecular flexibility index (Phi) is 3.61. The number of benzene rings is 1. The lowest BCUT2D eigenvalue weighted by Gasteiger charge is -2.27. The molecule has 0 spiro atoms. The van der Waals surface area contributed by atoms with E-state index in [4.69, 9.17) is 22.1 Å². The second-order valence-corrected chi connectivity index (χ2v) is 5.20. The molecule has 17 heavy (non-hydrogen) atoms. The van der Waals surface area contributed by atoms with Crippen molar-refractivity contribution in [3.63, 3.8) is 0 Å². The summed E-state index contributed by atoms with van der Waals surface area (Å²) < 4.78 is 5.88. The SMILES string of the molecule is CC1(O)CCCC1Oc1c(Cl)cccc1CN. The van der Waals surface area contributed by atoms with Gasteiger partial charge in [-0.15, -0.1) is 0 Å². The Labute approximate surface area is 107 Å². The van der Waals surface area contributed by atoms with E-state index in [1.165, 1.54) is 0 Å². The molecular formula is C13H18ClNO2. The van der Waals surface area contributed by atoms with Crippen molar-refractivity contribution in [2.75, 3.05) is 0 Å². The Balaban J connectivity index is 2.24. The molecule has 0 amide bonds. The van der Waals surface area contributed by atoms with E-state index < -0.39 is 5.60 Å². The van der Waals surface area contributed by atoms with Gasteiger partial charge in [0.15, 0.2) is 0 Å². The summed E-state index contributed by atoms with van der Waals surface area (Å²) in [6, 6.07) is 5.52. The molecular weight excluding hydrogens is 238 g/mol. The molecule has 4 heteroatoms. The Morgan fingerprint density at radius 2 is 2.35 bits per heavy atom. The number of halogens is 1. The lowest BCUT2D eigenvalue weighted by atomic mass is 10.0. The third-order valence-electron chi connectivity index (χ3n) is 3.37. The molecule has 0 bridgehead atoms. The van der Waals surface area contributed by atoms with Crippen LogP contribution in [-0.2, 0) is 6.54 Å². The van der Waals surface area contributed by atoms with Crippen molar-refractivity contribution in [2.24, 2.45) is 5.73 Å². The van der Waals surface area contributed by atoms with Gasteiger partial charge in [0.25, 0.3) is 0 Å². The first kappa shape index (κ1) is 12.7. The van der Waals surface area contributed by atoms with Gasteiger partial charge in [0.2, 0.25) is 0 Å². The minimum absolute atomic E-state index is 0.201. The predicted molar refractivity (Wildman–Crippen MR) is 68.2 cm³/mol. The van der Waals surface area contributed by atoms with Gasteiger partial charge in [-0.25, -0.2) is 0 Å². The molecule has 0 aromatic heterocycles. The van der Waals surface area contributed by atoms with Gasteiger partial charge >= 0.3 is 0 Å². The first-order valence-corrected chi connectivity index (χ1v) is 6.29. The zero-order valence-corrected chi connectivity index (χ0v) is 10.7. The van der Waals surface area contributed by atoms with Gasteiger partial charge < -0.3 is 15.6 Å². The molecule has 2 atom stereocenters. The van der Waals surface area contributed by atoms with Crippen LogP contribution in [0, 0.1) is 0 Å². The average Bonchev–Trinajstić information content (AvgIpc) is 2.61. The molecule has 94 valence electrons. The fourth-order valence-corrected chi connectivity index (χ4v) is 2.53. The third-order valence-corrected chi connectivity index (χ3v) is 3.67. The molecule has 3 nitrogen and oxygen atoms in total. The zero-order chi connectivity index (χ0) is 12.5. The molecule has 1 aromatic carbocycles. The van der Waals surface area contributed by atoms with Crippen molar-refractivity contribution >= 4 is 11.6 Å². The highest BCUT2D eigenvalue weighted by Gasteiger charge is 2.39. The van der Waals surface area contributed by atoms with Crippen LogP contribution in [0.4, 0.5) is 0 Å². The van der Waals surface area contributed by atoms with Gasteiger partial charge in [-0.1, -0.05) is 23.7 Å². The molecule has 1 aromatic rings. The maximum Gasteiger partial charge on any atom is 0.142 e. The second-order valence-electron chi connectivity index (χ2n) is 4.79. The molecule has 1 aliphatic rings. The number of rotatable bonds is 3. The smallest absolute Gasteiger partial charge is 0.142 e. The first-order chi connectivity index (χ1) is 8.04. The van der Waals surface area contributed by atoms with Crippen LogP contribution in [0.1, 0.15) is 31.7 Å². The number of hydrogen-bond acceptors (Lipinski definition) is 3. The molecule has 0 saturated heterocycles. The van der Waals surface area contributed by atoms with Crippen molar-refractivity contribution in [3.05, 3.63) is 28.8 Å². The lowest BCUT2D eigenvalue weighted by Crippen LogP contribution is -2.38. The van der Waals surface area contributed by atoms with E-state index in [1.54, 1.807) is 6.07 Å². The van der Waals surface area contributed by atoms with Crippen LogP contribution < -0.4 is 10.5 Å². The standard InChI is InChI=1S/C13H18ClNO2/c1-13(16)7-3-6-11(13)17-12-9(8-15)4-2-5-10(12)14/h2,4-5,11,16H,3,6-8,15H2,1H3. The molecule has 2 unspecified atom stereocenters. The second kappa shape index (κ2) is 4.84. The van der Waals surface area contributed by atoms with Crippen LogP contribution in [0.2, 0.25) is 5.02 Å². The summed E-state index contributed by atoms with van der Waals surface area (Å²) in [6.45, 7) is 2.19. The van der Waals surface area contributed by atoms with Crippen molar-refractivity contribution in [1.82, 2.24) is 0 Å². The highest BCUT2D eigenvalue weighted by Crippen LogP contribution is 2.36. The van der Waals surface area contributed by atoms with Crippen molar-refractivity contribution in [1.29, 1.82) is 0 Å². The largest absolute Gasteiger partial charge is 0.486 e. The molecule has 0 heterocycles. The molecule has 1 aliphatic carbocycles. The van der Waals surface area contributed by atoms with Crippen LogP contribution >= 0.6 is 11.6 Å². The summed E-state index contributed by atoms with van der Waals surface area (Å²) in [5.41, 5.74) is 5.76. The number of para-hydroxylation sites is 1. The fraction of sp³-hybridized carbons (Fsp3) is 0.538. The summed E-state index contributed by atoms with van der Waals surface area (Å²) in [5, 5.41) is 10.7. The van der Waals surface area contributed by atoms with Gasteiger partial charge in [-0.3, -0.25) is 0 Å². The Morgan fingerprint density at radius 1 is 1.59 bits per heavy atom. The van der Waals surface area contributed by atoms with E-state index in [0.29, 0.717) is 17.3 Å². The van der Waals surface area contributed by atoms with E-state index in [2.05, 4.69) is 0 Å². The van der Waals surface area contributed by atoms with Crippen LogP contribution in [0.25, 0.3) is 0 Å². The molecule has 1 saturated carbocycles. The quantitative estimate of drug-likeness (QED) is 0.873. The van der Waals surface area contributed by atoms with Crippen LogP contribution in [-0.4, -0.2) is 16.8 Å². The number of ether oxygens (including phenoxy) is 1. The van der Waals surface area contributed by atoms with E-state index in [1.807, 2.05) is 19.1 Å². The molecule has 1 fully saturated rings. The van der Waals surface area contributed by atoms with Crippen molar-refractivity contribution in [3.8, 4) is 5.75 Å². The van der Waals surface area contributed by atoms with Crippen LogP contribution in [0.3, 0.4) is 0 Å². The van der Waals surface area contributed by atoms with E-state index in [0.717, 1.165) is 24.8 Å². The van der Waals surface area contributed by atoms with Gasteiger partial charge in [0.05, 0.1) is 10.6 Å². The monoisotopic (exact) mass is 255 g/mol. The van der Waals surface area contributed by atoms with Crippen LogP contribution in [0.15, 0.2) is 18.2 Å². The highest BCUT2D eigenvalue weighted by molar-refractivity contribution is 6.32. The predicted octanol–water partition coefficient (Wildman–Crippen LogP) is 2.48. The summed E-state index contributed by atoms with van der Waals surface area (Å²) in [5.74, 6) is 0.615. The minimum Gasteiger partial charge on any atom is -0.486 e. The molecule has 0 radical (unpaired) electrons. The lowest BCUT2D eigenvalue weighted by molar-refractivity contribution is -0.0254. The fourth-order valence-electron chi connectivity index (χ4n) is 2.29. The first-order valence-electron chi connectivity index (χ1n) is 5.91. The summed E-state index contributed by atoms with van der Waals surface area (Å²) in [4.78, 5) is 0. The van der Waals surface area contributed by atoms with Gasteiger partial charge in [0.1, 0.15) is 11.9 Å². The van der Waals surface area contributed by atoms with E-state index in [-0.39, 0.29) is 6.10 Å². The van der Waals surface area contributed by atoms with Gasteiger partial charge in [-0.05, 0) is 32.3 Å². The molecule has 0 aliphatic heterocycles. The van der Waals surface area contributed by atoms with E-state index >= 15 is 0 Å². The summed E-state index contributed by atoms with van der Waals surface area (Å²) in [6.07, 6.45) is 2.38. The number of nitrogens with two attached hydrogens (primary N) is 1. The minimum atomic E-state index is -0.773. The van der Waals surface area contributed by atoms with Crippen molar-refractivity contribution < 1.29 is 9.84 Å². The third kappa shape index (κ3) is 2.57. The number of hydrogen-bond donors (Lipinski definition) is 2. The van der Waals surface area contributed by atoms with Crippen molar-refractivity contribution in [2.45, 2.75) is 44.4 Å². The number of aliphatic hydroxyl groups is 1. The Bertz CT molecular complexity index is 406. The summed E-state index contributed by atoms with van der Waals surface area (Å²) in [7, 11) is 0. The normalized spacial score (nSPS) is 28.4. The Morgan fingerprint density at radius 3 is 2.94 bits per heavy atom. The average molecular weight is 256 g/mol. The maximum atomic E-state index is 10.2. The van der Waals surface area contributed by atoms with Gasteiger partial charge in [-0.2, -0.15) is 0 Å². The zero-order valence-electron chi connectivity index (χ0n) is 9.95. The Hall–Kier alpha value is -0.770.